The number of carbonyl (C=O) groups is 3. The number of carbonyl (C=O) groups excluding carboxylic acids is 2. The Balaban J connectivity index is 1.50. The van der Waals surface area contributed by atoms with Crippen LogP contribution in [0.4, 0.5) is 0 Å². The van der Waals surface area contributed by atoms with E-state index in [1.54, 1.807) is 0 Å². The fourth-order valence-corrected chi connectivity index (χ4v) is 4.31. The van der Waals surface area contributed by atoms with Gasteiger partial charge in [0.15, 0.2) is 11.5 Å². The molecule has 0 radical (unpaired) electrons. The third-order valence-electron chi connectivity index (χ3n) is 5.60. The monoisotopic (exact) mass is 385 g/mol. The molecule has 1 saturated heterocycles. The van der Waals surface area contributed by atoms with Crippen molar-refractivity contribution in [2.75, 3.05) is 13.1 Å². The van der Waals surface area contributed by atoms with Crippen LogP contribution in [0.2, 0.25) is 0 Å². The number of nitrogens with zero attached hydrogens (tertiary/aromatic N) is 4. The summed E-state index contributed by atoms with van der Waals surface area (Å²) >= 11 is 0. The minimum atomic E-state index is -1.11. The second-order valence-electron chi connectivity index (χ2n) is 7.65. The van der Waals surface area contributed by atoms with Crippen molar-refractivity contribution in [2.24, 2.45) is 5.92 Å². The van der Waals surface area contributed by atoms with E-state index in [2.05, 4.69) is 15.3 Å². The molecule has 1 aliphatic heterocycles. The van der Waals surface area contributed by atoms with Gasteiger partial charge in [0.1, 0.15) is 0 Å². The summed E-state index contributed by atoms with van der Waals surface area (Å²) in [5, 5.41) is 16.5. The van der Waals surface area contributed by atoms with Crippen LogP contribution < -0.4 is 0 Å². The zero-order valence-electron chi connectivity index (χ0n) is 15.8. The zero-order valence-corrected chi connectivity index (χ0v) is 15.8. The van der Waals surface area contributed by atoms with Gasteiger partial charge < -0.3 is 15.0 Å². The molecule has 28 heavy (non-hydrogen) atoms. The molecule has 0 unspecified atom stereocenters. The van der Waals surface area contributed by atoms with Gasteiger partial charge in [-0.05, 0) is 38.5 Å². The fourth-order valence-electron chi connectivity index (χ4n) is 4.31. The van der Waals surface area contributed by atoms with E-state index in [4.69, 9.17) is 5.11 Å². The Morgan fingerprint density at radius 2 is 2.14 bits per heavy atom. The minimum absolute atomic E-state index is 0.0475. The molecule has 1 amide bonds. The molecule has 1 fully saturated rings. The highest BCUT2D eigenvalue weighted by Gasteiger charge is 2.32. The van der Waals surface area contributed by atoms with E-state index in [9.17, 15) is 14.4 Å². The molecular formula is C19H23N5O4. The highest BCUT2D eigenvalue weighted by Crippen LogP contribution is 2.29. The lowest BCUT2D eigenvalue weighted by Gasteiger charge is -2.33. The summed E-state index contributed by atoms with van der Waals surface area (Å²) in [6, 6.07) is 0. The van der Waals surface area contributed by atoms with Crippen molar-refractivity contribution in [3.63, 3.8) is 0 Å². The third-order valence-corrected chi connectivity index (χ3v) is 5.60. The number of aromatic carboxylic acids is 1. The summed E-state index contributed by atoms with van der Waals surface area (Å²) < 4.78 is 1.52. The summed E-state index contributed by atoms with van der Waals surface area (Å²) in [7, 11) is 0. The first kappa shape index (κ1) is 18.4. The quantitative estimate of drug-likeness (QED) is 0.826. The molecule has 2 aromatic heterocycles. The molecule has 9 nitrogen and oxygen atoms in total. The first-order chi connectivity index (χ1) is 13.4. The van der Waals surface area contributed by atoms with Crippen molar-refractivity contribution in [3.05, 3.63) is 34.4 Å². The van der Waals surface area contributed by atoms with Crippen LogP contribution in [0.3, 0.4) is 0 Å². The number of amides is 1. The lowest BCUT2D eigenvalue weighted by atomic mass is 9.91. The largest absolute Gasteiger partial charge is 0.476 e. The van der Waals surface area contributed by atoms with Crippen molar-refractivity contribution in [1.29, 1.82) is 0 Å². The SMILES string of the molecule is Cc1[nH]c2c(c1C(=O)N1CCC[C@H](Cn3cc(C(=O)O)nn3)C1)C(=O)CCC2. The van der Waals surface area contributed by atoms with Crippen LogP contribution in [0.25, 0.3) is 0 Å². The molecule has 4 rings (SSSR count). The zero-order chi connectivity index (χ0) is 19.8. The Morgan fingerprint density at radius 1 is 1.32 bits per heavy atom. The van der Waals surface area contributed by atoms with Crippen LogP contribution in [0.1, 0.15) is 68.3 Å². The van der Waals surface area contributed by atoms with Crippen LogP contribution in [-0.4, -0.2) is 60.7 Å². The van der Waals surface area contributed by atoms with E-state index in [1.807, 2.05) is 11.8 Å². The lowest BCUT2D eigenvalue weighted by molar-refractivity contribution is 0.0654. The summed E-state index contributed by atoms with van der Waals surface area (Å²) in [4.78, 5) is 41.6. The van der Waals surface area contributed by atoms with Gasteiger partial charge in [-0.15, -0.1) is 5.10 Å². The van der Waals surface area contributed by atoms with Crippen LogP contribution in [-0.2, 0) is 13.0 Å². The Bertz CT molecular complexity index is 944. The average molecular weight is 385 g/mol. The number of rotatable bonds is 4. The molecule has 0 aromatic carbocycles. The van der Waals surface area contributed by atoms with E-state index in [0.29, 0.717) is 37.2 Å². The normalized spacial score (nSPS) is 19.5. The van der Waals surface area contributed by atoms with Gasteiger partial charge in [-0.2, -0.15) is 0 Å². The maximum atomic E-state index is 13.2. The number of fused-ring (bicyclic) bond motifs is 1. The Hall–Kier alpha value is -2.97. The standard InChI is InChI=1S/C19H23N5O4/c1-11-16(17-13(20-11)5-2-6-15(17)25)18(26)23-7-3-4-12(8-23)9-24-10-14(19(27)28)21-22-24/h10,12,20H,2-9H2,1H3,(H,27,28)/t12-/m0/s1. The molecule has 2 aromatic rings. The van der Waals surface area contributed by atoms with Gasteiger partial charge in [0, 0.05) is 37.4 Å². The maximum absolute atomic E-state index is 13.2. The number of nitrogens with one attached hydrogen (secondary N) is 1. The molecule has 1 atom stereocenters. The smallest absolute Gasteiger partial charge is 0.358 e. The van der Waals surface area contributed by atoms with Crippen molar-refractivity contribution in [1.82, 2.24) is 24.9 Å². The van der Waals surface area contributed by atoms with Crippen molar-refractivity contribution >= 4 is 17.7 Å². The second kappa shape index (κ2) is 7.21. The van der Waals surface area contributed by atoms with Gasteiger partial charge >= 0.3 is 5.97 Å². The van der Waals surface area contributed by atoms with Crippen LogP contribution in [0.15, 0.2) is 6.20 Å². The molecular weight excluding hydrogens is 362 g/mol. The molecule has 2 N–H and O–H groups in total. The molecule has 0 spiro atoms. The lowest BCUT2D eigenvalue weighted by Crippen LogP contribution is -2.41. The predicted octanol–water partition coefficient (Wildman–Crippen LogP) is 1.68. The molecule has 9 heteroatoms. The van der Waals surface area contributed by atoms with Gasteiger partial charge in [0.05, 0.1) is 17.3 Å². The summed E-state index contributed by atoms with van der Waals surface area (Å²) in [5.74, 6) is -0.998. The molecule has 0 bridgehead atoms. The first-order valence-electron chi connectivity index (χ1n) is 9.61. The summed E-state index contributed by atoms with van der Waals surface area (Å²) in [6.07, 6.45) is 5.31. The predicted molar refractivity (Wildman–Crippen MR) is 98.4 cm³/mol. The molecule has 0 saturated carbocycles. The van der Waals surface area contributed by atoms with E-state index in [-0.39, 0.29) is 23.3 Å². The number of carboxylic acid groups (broad SMARTS) is 1. The van der Waals surface area contributed by atoms with E-state index in [1.165, 1.54) is 10.9 Å². The number of H-pyrrole nitrogens is 1. The number of Topliss-reactive ketones (excluding diaryl/α,β-unsaturated/α-hetero) is 1. The van der Waals surface area contributed by atoms with Crippen LogP contribution in [0, 0.1) is 12.8 Å². The van der Waals surface area contributed by atoms with Crippen molar-refractivity contribution in [3.8, 4) is 0 Å². The second-order valence-corrected chi connectivity index (χ2v) is 7.65. The van der Waals surface area contributed by atoms with Crippen LogP contribution >= 0.6 is 0 Å². The molecule has 3 heterocycles. The summed E-state index contributed by atoms with van der Waals surface area (Å²) in [6.45, 7) is 3.56. The van der Waals surface area contributed by atoms with Gasteiger partial charge in [-0.3, -0.25) is 14.3 Å². The van der Waals surface area contributed by atoms with Gasteiger partial charge in [-0.1, -0.05) is 5.21 Å². The summed E-state index contributed by atoms with van der Waals surface area (Å²) in [5.41, 5.74) is 2.66. The van der Waals surface area contributed by atoms with Gasteiger partial charge in [0.2, 0.25) is 0 Å². The number of likely N-dealkylation sites (tertiary alicyclic amines) is 1. The highest BCUT2D eigenvalue weighted by atomic mass is 16.4. The number of aromatic amines is 1. The minimum Gasteiger partial charge on any atom is -0.476 e. The molecule has 1 aliphatic carbocycles. The van der Waals surface area contributed by atoms with Gasteiger partial charge in [-0.25, -0.2) is 4.79 Å². The molecule has 2 aliphatic rings. The Kier molecular flexibility index (Phi) is 4.74. The average Bonchev–Trinajstić information content (AvgIpc) is 3.26. The van der Waals surface area contributed by atoms with Crippen molar-refractivity contribution < 1.29 is 19.5 Å². The van der Waals surface area contributed by atoms with E-state index in [0.717, 1.165) is 37.1 Å². The maximum Gasteiger partial charge on any atom is 0.358 e. The number of ketones is 1. The number of aryl methyl sites for hydroxylation is 2. The Labute approximate surface area is 161 Å². The van der Waals surface area contributed by atoms with Crippen molar-refractivity contribution in [2.45, 2.75) is 45.6 Å². The highest BCUT2D eigenvalue weighted by molar-refractivity contribution is 6.10. The van der Waals surface area contributed by atoms with Crippen LogP contribution in [0.5, 0.6) is 0 Å². The van der Waals surface area contributed by atoms with E-state index < -0.39 is 5.97 Å². The number of hydrogen-bond donors (Lipinski definition) is 2. The number of piperidine rings is 1. The topological polar surface area (TPSA) is 121 Å². The van der Waals surface area contributed by atoms with Gasteiger partial charge in [0.25, 0.3) is 5.91 Å². The first-order valence-corrected chi connectivity index (χ1v) is 9.61. The fraction of sp³-hybridized carbons (Fsp3) is 0.526. The third kappa shape index (κ3) is 3.32. The Morgan fingerprint density at radius 3 is 2.89 bits per heavy atom. The number of hydrogen-bond acceptors (Lipinski definition) is 5. The molecule has 148 valence electrons. The van der Waals surface area contributed by atoms with E-state index >= 15 is 0 Å². The number of aromatic nitrogens is 4. The number of carboxylic acids is 1.